The van der Waals surface area contributed by atoms with Crippen LogP contribution in [0.25, 0.3) is 5.65 Å². The maximum atomic E-state index is 13.3. The molecule has 0 bridgehead atoms. The van der Waals surface area contributed by atoms with E-state index in [0.717, 1.165) is 52.7 Å². The molecule has 3 aliphatic heterocycles. The minimum Gasteiger partial charge on any atom is -0.543 e. The number of piperidine rings is 1. The summed E-state index contributed by atoms with van der Waals surface area (Å²) in [6.07, 6.45) is 8.96. The number of imidazole rings is 1. The van der Waals surface area contributed by atoms with E-state index in [9.17, 15) is 24.3 Å². The lowest BCUT2D eigenvalue weighted by atomic mass is 10.0. The van der Waals surface area contributed by atoms with Crippen LogP contribution in [0.15, 0.2) is 52.5 Å². The molecule has 4 N–H and O–H groups in total. The quantitative estimate of drug-likeness (QED) is 0.0835. The zero-order chi connectivity index (χ0) is 35.1. The van der Waals surface area contributed by atoms with E-state index in [2.05, 4.69) is 20.9 Å². The van der Waals surface area contributed by atoms with Gasteiger partial charge in [0.05, 0.1) is 36.0 Å². The van der Waals surface area contributed by atoms with E-state index in [4.69, 9.17) is 22.2 Å². The number of β-lactam (4-membered cyclic amide) rings is 1. The van der Waals surface area contributed by atoms with Gasteiger partial charge in [-0.05, 0) is 24.5 Å². The van der Waals surface area contributed by atoms with Crippen LogP contribution in [0.2, 0.25) is 4.34 Å². The molecule has 0 spiro atoms. The number of hydrazine groups is 1. The molecule has 7 rings (SSSR count). The first-order chi connectivity index (χ1) is 24.1. The second-order valence-corrected chi connectivity index (χ2v) is 15.5. The smallest absolute Gasteiger partial charge is 0.307 e. The van der Waals surface area contributed by atoms with E-state index in [1.54, 1.807) is 0 Å². The lowest BCUT2D eigenvalue weighted by molar-refractivity contribution is -0.661. The van der Waals surface area contributed by atoms with Gasteiger partial charge in [0.1, 0.15) is 41.3 Å². The highest BCUT2D eigenvalue weighted by atomic mass is 35.5. The van der Waals surface area contributed by atoms with E-state index in [1.807, 2.05) is 54.9 Å². The summed E-state index contributed by atoms with van der Waals surface area (Å²) < 4.78 is 5.89. The predicted octanol–water partition coefficient (Wildman–Crippen LogP) is 0.416. The maximum absolute atomic E-state index is 13.3. The first-order valence-electron chi connectivity index (χ1n) is 15.5. The van der Waals surface area contributed by atoms with Gasteiger partial charge in [0.2, 0.25) is 0 Å². The van der Waals surface area contributed by atoms with Crippen LogP contribution in [0.4, 0.5) is 5.13 Å². The van der Waals surface area contributed by atoms with E-state index >= 15 is 0 Å². The Morgan fingerprint density at radius 2 is 2.04 bits per heavy atom. The SMILES string of the molecule is CO/N=C(\C(=O)N[C@@H]1C(=O)N2C(C(=O)[O-])=C(Cn3ccc4n3cc[n+]4Cc3cc(C(=O)NN4CCCCC4)cs3)CS[C@H]12)c1nc(N)sc1Cl. The first kappa shape index (κ1) is 34.0. The molecule has 4 aromatic heterocycles. The summed E-state index contributed by atoms with van der Waals surface area (Å²) in [7, 11) is 1.24. The minimum absolute atomic E-state index is 0.00573. The summed E-state index contributed by atoms with van der Waals surface area (Å²) in [6.45, 7) is 2.44. The number of carbonyl (C=O) groups excluding carboxylic acids is 4. The third kappa shape index (κ3) is 6.46. The highest BCUT2D eigenvalue weighted by Crippen LogP contribution is 2.40. The number of nitrogens with zero attached hydrogens (tertiary/aromatic N) is 7. The monoisotopic (exact) mass is 758 g/mol. The summed E-state index contributed by atoms with van der Waals surface area (Å²) in [5, 5.41) is 22.0. The number of rotatable bonds is 11. The van der Waals surface area contributed by atoms with Crippen LogP contribution in [-0.4, -0.2) is 90.9 Å². The highest BCUT2D eigenvalue weighted by molar-refractivity contribution is 8.00. The molecule has 0 unspecified atom stereocenters. The number of nitrogen functional groups attached to an aromatic ring is 1. The lowest BCUT2D eigenvalue weighted by Crippen LogP contribution is -2.71. The third-order valence-electron chi connectivity index (χ3n) is 8.55. The zero-order valence-electron chi connectivity index (χ0n) is 26.5. The molecular formula is C30H31ClN10O6S3. The Hall–Kier alpha value is -4.43. The number of aromatic nitrogens is 4. The number of halogens is 1. The second-order valence-electron chi connectivity index (χ2n) is 11.7. The number of oxime groups is 1. The van der Waals surface area contributed by atoms with Gasteiger partial charge in [0, 0.05) is 29.1 Å². The molecule has 50 heavy (non-hydrogen) atoms. The van der Waals surface area contributed by atoms with Gasteiger partial charge in [-0.1, -0.05) is 34.5 Å². The van der Waals surface area contributed by atoms with Gasteiger partial charge in [-0.2, -0.15) is 0 Å². The van der Waals surface area contributed by atoms with Crippen molar-refractivity contribution in [1.82, 2.24) is 34.8 Å². The van der Waals surface area contributed by atoms with Gasteiger partial charge in [-0.3, -0.25) is 24.7 Å². The molecule has 3 aliphatic rings. The van der Waals surface area contributed by atoms with E-state index < -0.39 is 29.2 Å². The zero-order valence-corrected chi connectivity index (χ0v) is 29.7. The third-order valence-corrected chi connectivity index (χ3v) is 11.9. The van der Waals surface area contributed by atoms with E-state index in [0.29, 0.717) is 17.7 Å². The molecule has 2 fully saturated rings. The van der Waals surface area contributed by atoms with Crippen LogP contribution < -0.4 is 26.1 Å². The number of thiophene rings is 1. The molecule has 3 amide bonds. The van der Waals surface area contributed by atoms with Crippen molar-refractivity contribution in [2.45, 2.75) is 43.8 Å². The minimum atomic E-state index is -1.49. The Morgan fingerprint density at radius 1 is 1.24 bits per heavy atom. The summed E-state index contributed by atoms with van der Waals surface area (Å²) >= 11 is 9.95. The van der Waals surface area contributed by atoms with E-state index in [1.165, 1.54) is 36.6 Å². The average Bonchev–Trinajstić information content (AvgIpc) is 3.89. The molecule has 20 heteroatoms. The van der Waals surface area contributed by atoms with Crippen molar-refractivity contribution in [3.63, 3.8) is 0 Å². The van der Waals surface area contributed by atoms with Gasteiger partial charge < -0.3 is 25.8 Å². The standard InChI is InChI=1S/C30H31ClN10O6S3/c1-47-36-21(20-24(31)50-30(32)34-20)26(43)33-22-27(44)41-23(29(45)46)17(15-49-28(22)41)12-39-8-5-19-37(9-10-40(19)39)13-18-11-16(14-48-18)25(42)35-38-6-3-2-4-7-38/h5,8-11,14,22,28H,2-4,6-7,12-13,15H2,1H3,(H4-,32,33,34,35,42,43,45,46)/b36-21-/t22-,28-/m1/s1. The molecule has 7 heterocycles. The van der Waals surface area contributed by atoms with Crippen molar-refractivity contribution in [2.24, 2.45) is 5.16 Å². The number of anilines is 1. The summed E-state index contributed by atoms with van der Waals surface area (Å²) in [5.41, 5.74) is 10.2. The molecule has 2 atom stereocenters. The van der Waals surface area contributed by atoms with Crippen LogP contribution in [-0.2, 0) is 32.3 Å². The number of fused-ring (bicyclic) bond motifs is 2. The number of nitrogens with one attached hydrogen (secondary N) is 2. The Bertz CT molecular complexity index is 2060. The van der Waals surface area contributed by atoms with Crippen molar-refractivity contribution in [2.75, 3.05) is 31.7 Å². The van der Waals surface area contributed by atoms with Crippen molar-refractivity contribution in [3.05, 3.63) is 67.8 Å². The Labute approximate surface area is 302 Å². The number of nitrogens with two attached hydrogens (primary N) is 1. The van der Waals surface area contributed by atoms with Crippen molar-refractivity contribution < 1.29 is 33.7 Å². The molecule has 0 aliphatic carbocycles. The number of thioether (sulfide) groups is 1. The normalized spacial score (nSPS) is 19.8. The summed E-state index contributed by atoms with van der Waals surface area (Å²) in [4.78, 5) is 62.7. The molecule has 0 aromatic carbocycles. The fourth-order valence-corrected chi connectivity index (χ4v) is 9.34. The number of amides is 3. The lowest BCUT2D eigenvalue weighted by Gasteiger charge is -2.50. The maximum Gasteiger partial charge on any atom is 0.307 e. The number of aliphatic carboxylic acids is 1. The Morgan fingerprint density at radius 3 is 2.76 bits per heavy atom. The van der Waals surface area contributed by atoms with Crippen LogP contribution in [0.1, 0.15) is 40.2 Å². The van der Waals surface area contributed by atoms with Crippen LogP contribution in [0.5, 0.6) is 0 Å². The number of carbonyl (C=O) groups is 4. The van der Waals surface area contributed by atoms with Gasteiger partial charge >= 0.3 is 5.65 Å². The second kappa shape index (κ2) is 14.1. The molecule has 2 saturated heterocycles. The van der Waals surface area contributed by atoms with Gasteiger partial charge in [0.15, 0.2) is 17.0 Å². The molecule has 16 nitrogen and oxygen atoms in total. The van der Waals surface area contributed by atoms with Crippen LogP contribution >= 0.6 is 46.0 Å². The fourth-order valence-electron chi connectivity index (χ4n) is 6.21. The van der Waals surface area contributed by atoms with E-state index in [-0.39, 0.29) is 44.8 Å². The van der Waals surface area contributed by atoms with Gasteiger partial charge in [-0.25, -0.2) is 19.2 Å². The molecule has 4 aromatic rings. The predicted molar refractivity (Wildman–Crippen MR) is 184 cm³/mol. The number of hydrogen-bond donors (Lipinski definition) is 3. The number of thiazole rings is 1. The molecular weight excluding hydrogens is 728 g/mol. The number of hydrogen-bond acceptors (Lipinski definition) is 13. The summed E-state index contributed by atoms with van der Waals surface area (Å²) in [5.74, 6) is -2.71. The number of carboxylic acid groups (broad SMARTS) is 1. The van der Waals surface area contributed by atoms with Gasteiger partial charge in [0.25, 0.3) is 17.7 Å². The van der Waals surface area contributed by atoms with Crippen molar-refractivity contribution >= 4 is 86.2 Å². The number of carboxylic acids is 1. The average molecular weight is 759 g/mol. The topological polar surface area (TPSA) is 196 Å². The largest absolute Gasteiger partial charge is 0.543 e. The van der Waals surface area contributed by atoms with Crippen LogP contribution in [0.3, 0.4) is 0 Å². The first-order valence-corrected chi connectivity index (χ1v) is 18.7. The summed E-state index contributed by atoms with van der Waals surface area (Å²) in [6, 6.07) is 2.78. The van der Waals surface area contributed by atoms with Gasteiger partial charge in [-0.15, -0.1) is 27.6 Å². The van der Waals surface area contributed by atoms with Crippen molar-refractivity contribution in [3.8, 4) is 0 Å². The molecule has 262 valence electrons. The Balaban J connectivity index is 1.04. The molecule has 0 saturated carbocycles. The fraction of sp³-hybridized carbons (Fsp3) is 0.367. The molecule has 0 radical (unpaired) electrons. The Kier molecular flexibility index (Phi) is 9.57. The highest BCUT2D eigenvalue weighted by Gasteiger charge is 2.53. The van der Waals surface area contributed by atoms with Crippen molar-refractivity contribution in [1.29, 1.82) is 0 Å². The van der Waals surface area contributed by atoms with Crippen LogP contribution in [0, 0.1) is 0 Å².